The van der Waals surface area contributed by atoms with Gasteiger partial charge in [0.25, 0.3) is 11.8 Å². The van der Waals surface area contributed by atoms with Gasteiger partial charge in [-0.2, -0.15) is 5.26 Å². The molecule has 0 saturated heterocycles. The molecule has 25 heavy (non-hydrogen) atoms. The average Bonchev–Trinajstić information content (AvgIpc) is 3.02. The minimum atomic E-state index is -0.281. The van der Waals surface area contributed by atoms with Crippen molar-refractivity contribution in [3.63, 3.8) is 0 Å². The van der Waals surface area contributed by atoms with Crippen LogP contribution in [0.1, 0.15) is 5.56 Å². The van der Waals surface area contributed by atoms with Gasteiger partial charge in [-0.05, 0) is 17.7 Å². The van der Waals surface area contributed by atoms with Gasteiger partial charge >= 0.3 is 0 Å². The molecule has 0 unspecified atom stereocenters. The number of hydrogen-bond donors (Lipinski definition) is 0. The van der Waals surface area contributed by atoms with Gasteiger partial charge in [0.1, 0.15) is 0 Å². The Labute approximate surface area is 147 Å². The zero-order valence-electron chi connectivity index (χ0n) is 13.7. The zero-order chi connectivity index (χ0) is 18.5. The maximum Gasteiger partial charge on any atom is 0.258 e. The Bertz CT molecular complexity index is 770. The molecule has 0 radical (unpaired) electrons. The van der Waals surface area contributed by atoms with Gasteiger partial charge in [-0.25, -0.2) is 4.90 Å². The molecule has 4 heteroatoms. The first-order chi connectivity index (χ1) is 12.1. The Morgan fingerprint density at radius 1 is 0.840 bits per heavy atom. The lowest BCUT2D eigenvalue weighted by atomic mass is 10.2. The van der Waals surface area contributed by atoms with Crippen molar-refractivity contribution in [3.8, 4) is 6.07 Å². The number of anilines is 1. The van der Waals surface area contributed by atoms with Crippen LogP contribution in [0.25, 0.3) is 6.08 Å². The van der Waals surface area contributed by atoms with Crippen LogP contribution in [-0.2, 0) is 9.59 Å². The van der Waals surface area contributed by atoms with E-state index in [0.29, 0.717) is 5.69 Å². The van der Waals surface area contributed by atoms with Crippen LogP contribution in [-0.4, -0.2) is 11.8 Å². The summed E-state index contributed by atoms with van der Waals surface area (Å²) >= 11 is 0. The van der Waals surface area contributed by atoms with Gasteiger partial charge in [0.05, 0.1) is 11.8 Å². The molecular formula is C21H18N2O2. The summed E-state index contributed by atoms with van der Waals surface area (Å²) in [5, 5.41) is 7.51. The molecule has 2 aromatic rings. The molecule has 1 heterocycles. The smallest absolute Gasteiger partial charge is 0.258 e. The molecule has 0 bridgehead atoms. The predicted octanol–water partition coefficient (Wildman–Crippen LogP) is 4.14. The Hall–Kier alpha value is -3.71. The number of rotatable bonds is 2. The number of amides is 2. The third kappa shape index (κ3) is 6.51. The molecule has 4 nitrogen and oxygen atoms in total. The molecule has 0 aliphatic carbocycles. The van der Waals surface area contributed by atoms with Crippen LogP contribution in [0, 0.1) is 11.3 Å². The second kappa shape index (κ2) is 10.9. The van der Waals surface area contributed by atoms with Crippen LogP contribution in [0.4, 0.5) is 5.69 Å². The van der Waals surface area contributed by atoms with Crippen LogP contribution in [0.3, 0.4) is 0 Å². The number of carbonyl (C=O) groups is 2. The number of nitrogens with zero attached hydrogens (tertiary/aromatic N) is 2. The van der Waals surface area contributed by atoms with Crippen LogP contribution in [0.5, 0.6) is 0 Å². The van der Waals surface area contributed by atoms with Crippen LogP contribution in [0.15, 0.2) is 92.0 Å². The number of nitriles is 1. The summed E-state index contributed by atoms with van der Waals surface area (Å²) in [5.74, 6) is -0.563. The first-order valence-corrected chi connectivity index (χ1v) is 7.43. The molecule has 2 aromatic carbocycles. The van der Waals surface area contributed by atoms with Gasteiger partial charge in [-0.3, -0.25) is 9.59 Å². The summed E-state index contributed by atoms with van der Waals surface area (Å²) in [6, 6.07) is 20.6. The van der Waals surface area contributed by atoms with E-state index in [1.165, 1.54) is 23.8 Å². The lowest BCUT2D eigenvalue weighted by molar-refractivity contribution is -0.119. The minimum absolute atomic E-state index is 0.281. The van der Waals surface area contributed by atoms with Crippen molar-refractivity contribution >= 4 is 23.6 Å². The molecule has 1 aliphatic heterocycles. The molecule has 124 valence electrons. The highest BCUT2D eigenvalue weighted by atomic mass is 16.2. The third-order valence-corrected chi connectivity index (χ3v) is 2.95. The highest BCUT2D eigenvalue weighted by Gasteiger charge is 2.24. The molecule has 0 fully saturated rings. The maximum absolute atomic E-state index is 11.2. The first kappa shape index (κ1) is 19.3. The van der Waals surface area contributed by atoms with E-state index < -0.39 is 0 Å². The molecule has 0 spiro atoms. The monoisotopic (exact) mass is 330 g/mol. The summed E-state index contributed by atoms with van der Waals surface area (Å²) in [4.78, 5) is 23.5. The van der Waals surface area contributed by atoms with Crippen LogP contribution in [0.2, 0.25) is 0 Å². The molecular weight excluding hydrogens is 312 g/mol. The second-order valence-corrected chi connectivity index (χ2v) is 4.63. The summed E-state index contributed by atoms with van der Waals surface area (Å²) in [6.07, 6.45) is 5.56. The van der Waals surface area contributed by atoms with Gasteiger partial charge < -0.3 is 0 Å². The molecule has 2 amide bonds. The van der Waals surface area contributed by atoms with E-state index in [4.69, 9.17) is 5.26 Å². The van der Waals surface area contributed by atoms with Gasteiger partial charge in [-0.15, -0.1) is 0 Å². The zero-order valence-corrected chi connectivity index (χ0v) is 13.7. The normalized spacial score (nSPS) is 11.4. The van der Waals surface area contributed by atoms with Gasteiger partial charge in [-0.1, -0.05) is 67.8 Å². The molecule has 3 rings (SSSR count). The topological polar surface area (TPSA) is 61.2 Å². The molecule has 0 aromatic heterocycles. The molecule has 1 aliphatic rings. The molecule has 0 N–H and O–H groups in total. The average molecular weight is 330 g/mol. The lowest BCUT2D eigenvalue weighted by Gasteiger charge is -2.12. The van der Waals surface area contributed by atoms with Crippen molar-refractivity contribution < 1.29 is 9.59 Å². The Kier molecular flexibility index (Phi) is 8.45. The first-order valence-electron chi connectivity index (χ1n) is 7.43. The number of imide groups is 1. The number of hydrogen-bond acceptors (Lipinski definition) is 3. The number of allylic oxidation sites excluding steroid dienone is 1. The largest absolute Gasteiger partial charge is 0.269 e. The summed E-state index contributed by atoms with van der Waals surface area (Å²) < 4.78 is 0. The van der Waals surface area contributed by atoms with E-state index in [1.807, 2.05) is 42.5 Å². The molecule has 0 atom stereocenters. The van der Waals surface area contributed by atoms with Crippen molar-refractivity contribution in [1.29, 1.82) is 5.26 Å². The molecule has 0 saturated carbocycles. The standard InChI is InChI=1S/C10H7NO2.C8H8.C3H3N/c12-9-6-7-10(13)11(9)8-4-2-1-3-5-8;1-2-8-6-4-3-5-7-8;1-2-3-4/h1-7H;2-7H,1H2;2H,1H2. The summed E-state index contributed by atoms with van der Waals surface area (Å²) in [5.41, 5.74) is 1.79. The van der Waals surface area contributed by atoms with Gasteiger partial charge in [0.2, 0.25) is 0 Å². The number of benzene rings is 2. The predicted molar refractivity (Wildman–Crippen MR) is 100 cm³/mol. The van der Waals surface area contributed by atoms with E-state index in [-0.39, 0.29) is 11.8 Å². The van der Waals surface area contributed by atoms with Crippen molar-refractivity contribution in [2.75, 3.05) is 4.90 Å². The maximum atomic E-state index is 11.2. The Morgan fingerprint density at radius 2 is 1.28 bits per heavy atom. The van der Waals surface area contributed by atoms with Crippen molar-refractivity contribution in [2.24, 2.45) is 0 Å². The van der Waals surface area contributed by atoms with Crippen LogP contribution >= 0.6 is 0 Å². The fourth-order valence-electron chi connectivity index (χ4n) is 1.82. The lowest BCUT2D eigenvalue weighted by Crippen LogP contribution is -2.29. The van der Waals surface area contributed by atoms with Crippen molar-refractivity contribution in [2.45, 2.75) is 0 Å². The van der Waals surface area contributed by atoms with E-state index in [9.17, 15) is 9.59 Å². The summed E-state index contributed by atoms with van der Waals surface area (Å²) in [6.45, 7) is 6.75. The highest BCUT2D eigenvalue weighted by molar-refractivity contribution is 6.28. The van der Waals surface area contributed by atoms with Crippen LogP contribution < -0.4 is 4.90 Å². The number of carbonyl (C=O) groups excluding carboxylic acids is 2. The second-order valence-electron chi connectivity index (χ2n) is 4.63. The third-order valence-electron chi connectivity index (χ3n) is 2.95. The SMILES string of the molecule is C=CC#N.C=Cc1ccccc1.O=C1C=CC(=O)N1c1ccccc1. The van der Waals surface area contributed by atoms with E-state index in [1.54, 1.807) is 30.3 Å². The Morgan fingerprint density at radius 3 is 1.64 bits per heavy atom. The van der Waals surface area contributed by atoms with Gasteiger partial charge in [0.15, 0.2) is 0 Å². The highest BCUT2D eigenvalue weighted by Crippen LogP contribution is 2.17. The van der Waals surface area contributed by atoms with Crippen molar-refractivity contribution in [3.05, 3.63) is 97.6 Å². The fraction of sp³-hybridized carbons (Fsp3) is 0. The van der Waals surface area contributed by atoms with Gasteiger partial charge in [0, 0.05) is 18.2 Å². The van der Waals surface area contributed by atoms with E-state index >= 15 is 0 Å². The fourth-order valence-corrected chi connectivity index (χ4v) is 1.82. The minimum Gasteiger partial charge on any atom is -0.269 e. The number of para-hydroxylation sites is 1. The van der Waals surface area contributed by atoms with E-state index in [2.05, 4.69) is 13.2 Å². The quantitative estimate of drug-likeness (QED) is 0.614. The van der Waals surface area contributed by atoms with Crippen molar-refractivity contribution in [1.82, 2.24) is 0 Å². The van der Waals surface area contributed by atoms with E-state index in [0.717, 1.165) is 4.90 Å². The summed E-state index contributed by atoms with van der Waals surface area (Å²) in [7, 11) is 0. The Balaban J connectivity index is 0.000000223.